The Morgan fingerprint density at radius 1 is 1.29 bits per heavy atom. The molecule has 0 aliphatic rings. The van der Waals surface area contributed by atoms with Crippen LogP contribution in [0.2, 0.25) is 10.0 Å². The number of hydrogen-bond donors (Lipinski definition) is 1. The van der Waals surface area contributed by atoms with E-state index in [0.29, 0.717) is 28.1 Å². The zero-order valence-electron chi connectivity index (χ0n) is 12.3. The van der Waals surface area contributed by atoms with Gasteiger partial charge >= 0.3 is 5.97 Å². The molecule has 1 aromatic carbocycles. The van der Waals surface area contributed by atoms with Crippen molar-refractivity contribution in [3.8, 4) is 0 Å². The van der Waals surface area contributed by atoms with E-state index in [1.54, 1.807) is 19.1 Å². The van der Waals surface area contributed by atoms with Crippen LogP contribution in [0.4, 0.5) is 5.69 Å². The molecule has 0 heterocycles. The molecular formula is C15H19Cl2NO3. The highest BCUT2D eigenvalue weighted by atomic mass is 35.5. The minimum atomic E-state index is -0.470. The molecule has 1 rings (SSSR count). The van der Waals surface area contributed by atoms with E-state index in [9.17, 15) is 9.59 Å². The third kappa shape index (κ3) is 5.94. The van der Waals surface area contributed by atoms with Gasteiger partial charge in [0.1, 0.15) is 0 Å². The van der Waals surface area contributed by atoms with Crippen molar-refractivity contribution in [2.24, 2.45) is 5.92 Å². The fourth-order valence-electron chi connectivity index (χ4n) is 1.57. The molecule has 1 amide bonds. The molecular weight excluding hydrogens is 313 g/mol. The Labute approximate surface area is 134 Å². The second-order valence-electron chi connectivity index (χ2n) is 5.19. The van der Waals surface area contributed by atoms with Crippen molar-refractivity contribution in [3.05, 3.63) is 27.7 Å². The highest BCUT2D eigenvalue weighted by Gasteiger charge is 2.13. The van der Waals surface area contributed by atoms with Gasteiger partial charge < -0.3 is 10.1 Å². The van der Waals surface area contributed by atoms with E-state index in [4.69, 9.17) is 27.9 Å². The van der Waals surface area contributed by atoms with Gasteiger partial charge in [0, 0.05) is 6.42 Å². The fraction of sp³-hybridized carbons (Fsp3) is 0.467. The number of ether oxygens (including phenoxy) is 1. The maximum Gasteiger partial charge on any atom is 0.306 e. The topological polar surface area (TPSA) is 55.4 Å². The number of rotatable bonds is 6. The Kier molecular flexibility index (Phi) is 6.99. The fourth-order valence-corrected chi connectivity index (χ4v) is 2.04. The SMILES string of the molecule is Cc1ccc(Cl)c(NC(=O)COC(=O)CCC(C)C)c1Cl. The van der Waals surface area contributed by atoms with Gasteiger partial charge in [-0.1, -0.05) is 43.1 Å². The van der Waals surface area contributed by atoms with Crippen LogP contribution in [0.25, 0.3) is 0 Å². The standard InChI is InChI=1S/C15H19Cl2NO3/c1-9(2)4-7-13(20)21-8-12(19)18-15-11(16)6-5-10(3)14(15)17/h5-6,9H,4,7-8H2,1-3H3,(H,18,19). The maximum absolute atomic E-state index is 11.8. The number of benzene rings is 1. The Bertz CT molecular complexity index is 530. The summed E-state index contributed by atoms with van der Waals surface area (Å²) in [5.41, 5.74) is 1.13. The van der Waals surface area contributed by atoms with Gasteiger partial charge in [0.05, 0.1) is 15.7 Å². The molecule has 1 N–H and O–H groups in total. The molecule has 0 atom stereocenters. The van der Waals surface area contributed by atoms with Crippen LogP contribution in [0.15, 0.2) is 12.1 Å². The minimum absolute atomic E-state index is 0.302. The third-order valence-corrected chi connectivity index (χ3v) is 3.64. The number of halogens is 2. The van der Waals surface area contributed by atoms with E-state index in [-0.39, 0.29) is 12.6 Å². The molecule has 21 heavy (non-hydrogen) atoms. The lowest BCUT2D eigenvalue weighted by molar-refractivity contribution is -0.147. The first-order valence-corrected chi connectivity index (χ1v) is 7.47. The normalized spacial score (nSPS) is 10.6. The molecule has 0 saturated carbocycles. The second-order valence-corrected chi connectivity index (χ2v) is 5.98. The summed E-state index contributed by atoms with van der Waals surface area (Å²) in [7, 11) is 0. The van der Waals surface area contributed by atoms with Crippen LogP contribution in [0.1, 0.15) is 32.3 Å². The number of aryl methyl sites for hydroxylation is 1. The summed E-state index contributed by atoms with van der Waals surface area (Å²) in [6.45, 7) is 5.49. The van der Waals surface area contributed by atoms with Crippen molar-refractivity contribution in [1.82, 2.24) is 0 Å². The molecule has 0 aromatic heterocycles. The van der Waals surface area contributed by atoms with Crippen LogP contribution < -0.4 is 5.32 Å². The van der Waals surface area contributed by atoms with Gasteiger partial charge in [0.15, 0.2) is 6.61 Å². The van der Waals surface area contributed by atoms with Gasteiger partial charge in [0.2, 0.25) is 0 Å². The average Bonchev–Trinajstić information content (AvgIpc) is 2.43. The molecule has 0 spiro atoms. The third-order valence-electron chi connectivity index (χ3n) is 2.84. The molecule has 0 fully saturated rings. The molecule has 0 bridgehead atoms. The van der Waals surface area contributed by atoms with Crippen LogP contribution in [-0.2, 0) is 14.3 Å². The zero-order valence-corrected chi connectivity index (χ0v) is 13.8. The van der Waals surface area contributed by atoms with Crippen molar-refractivity contribution < 1.29 is 14.3 Å². The summed E-state index contributed by atoms with van der Waals surface area (Å²) in [6, 6.07) is 3.40. The number of amides is 1. The van der Waals surface area contributed by atoms with Crippen molar-refractivity contribution in [3.63, 3.8) is 0 Å². The first-order chi connectivity index (χ1) is 9.81. The lowest BCUT2D eigenvalue weighted by atomic mass is 10.1. The number of carbonyl (C=O) groups excluding carboxylic acids is 2. The van der Waals surface area contributed by atoms with Crippen LogP contribution >= 0.6 is 23.2 Å². The number of esters is 1. The molecule has 6 heteroatoms. The summed E-state index contributed by atoms with van der Waals surface area (Å²) in [5.74, 6) is -0.445. The predicted molar refractivity (Wildman–Crippen MR) is 84.9 cm³/mol. The van der Waals surface area contributed by atoms with Crippen LogP contribution in [0.5, 0.6) is 0 Å². The molecule has 0 aliphatic carbocycles. The van der Waals surface area contributed by atoms with Crippen LogP contribution in [0.3, 0.4) is 0 Å². The van der Waals surface area contributed by atoms with E-state index in [2.05, 4.69) is 5.32 Å². The second kappa shape index (κ2) is 8.25. The van der Waals surface area contributed by atoms with Crippen molar-refractivity contribution in [1.29, 1.82) is 0 Å². The van der Waals surface area contributed by atoms with Gasteiger partial charge in [-0.2, -0.15) is 0 Å². The largest absolute Gasteiger partial charge is 0.456 e. The molecule has 0 saturated heterocycles. The highest BCUT2D eigenvalue weighted by molar-refractivity contribution is 6.40. The summed E-state index contributed by atoms with van der Waals surface area (Å²) in [6.07, 6.45) is 1.03. The van der Waals surface area contributed by atoms with E-state index >= 15 is 0 Å². The lowest BCUT2D eigenvalue weighted by Gasteiger charge is -2.11. The van der Waals surface area contributed by atoms with Gasteiger partial charge in [-0.15, -0.1) is 0 Å². The Morgan fingerprint density at radius 3 is 2.57 bits per heavy atom. The first kappa shape index (κ1) is 17.8. The van der Waals surface area contributed by atoms with Crippen molar-refractivity contribution >= 4 is 40.8 Å². The first-order valence-electron chi connectivity index (χ1n) is 6.71. The summed E-state index contributed by atoms with van der Waals surface area (Å²) >= 11 is 12.1. The van der Waals surface area contributed by atoms with E-state index in [1.807, 2.05) is 13.8 Å². The van der Waals surface area contributed by atoms with Gasteiger partial charge in [-0.25, -0.2) is 0 Å². The summed E-state index contributed by atoms with van der Waals surface area (Å²) in [4.78, 5) is 23.2. The lowest BCUT2D eigenvalue weighted by Crippen LogP contribution is -2.21. The van der Waals surface area contributed by atoms with E-state index in [1.165, 1.54) is 0 Å². The summed E-state index contributed by atoms with van der Waals surface area (Å²) < 4.78 is 4.90. The van der Waals surface area contributed by atoms with Gasteiger partial charge in [0.25, 0.3) is 5.91 Å². The van der Waals surface area contributed by atoms with Gasteiger partial charge in [-0.3, -0.25) is 9.59 Å². The Hall–Kier alpha value is -1.26. The number of carbonyl (C=O) groups is 2. The monoisotopic (exact) mass is 331 g/mol. The van der Waals surface area contributed by atoms with E-state index < -0.39 is 5.91 Å². The quantitative estimate of drug-likeness (QED) is 0.794. The number of hydrogen-bond acceptors (Lipinski definition) is 3. The smallest absolute Gasteiger partial charge is 0.306 e. The predicted octanol–water partition coefficient (Wildman–Crippen LogP) is 4.22. The molecule has 1 aromatic rings. The van der Waals surface area contributed by atoms with Crippen LogP contribution in [0, 0.1) is 12.8 Å². The Morgan fingerprint density at radius 2 is 1.95 bits per heavy atom. The molecule has 0 radical (unpaired) electrons. The van der Waals surface area contributed by atoms with E-state index in [0.717, 1.165) is 12.0 Å². The number of anilines is 1. The average molecular weight is 332 g/mol. The maximum atomic E-state index is 11.8. The summed E-state index contributed by atoms with van der Waals surface area (Å²) in [5, 5.41) is 3.27. The zero-order chi connectivity index (χ0) is 16.0. The minimum Gasteiger partial charge on any atom is -0.456 e. The highest BCUT2D eigenvalue weighted by Crippen LogP contribution is 2.32. The van der Waals surface area contributed by atoms with Gasteiger partial charge in [-0.05, 0) is 30.9 Å². The molecule has 0 unspecified atom stereocenters. The Balaban J connectivity index is 2.52. The molecule has 116 valence electrons. The molecule has 0 aliphatic heterocycles. The number of nitrogens with one attached hydrogen (secondary N) is 1. The molecule has 4 nitrogen and oxygen atoms in total. The van der Waals surface area contributed by atoms with Crippen molar-refractivity contribution in [2.75, 3.05) is 11.9 Å². The van der Waals surface area contributed by atoms with Crippen molar-refractivity contribution in [2.45, 2.75) is 33.6 Å². The van der Waals surface area contributed by atoms with Crippen LogP contribution in [-0.4, -0.2) is 18.5 Å².